The van der Waals surface area contributed by atoms with Crippen LogP contribution in [0, 0.1) is 0 Å². The maximum atomic E-state index is 12.8. The van der Waals surface area contributed by atoms with E-state index in [1.807, 2.05) is 30.3 Å². The molecule has 1 unspecified atom stereocenters. The van der Waals surface area contributed by atoms with Crippen molar-refractivity contribution in [3.8, 4) is 11.1 Å². The summed E-state index contributed by atoms with van der Waals surface area (Å²) in [5.41, 5.74) is 6.14. The Balaban J connectivity index is 1.71. The average molecular weight is 410 g/mol. The molecule has 4 rings (SSSR count). The van der Waals surface area contributed by atoms with E-state index in [1.165, 1.54) is 22.3 Å². The zero-order chi connectivity index (χ0) is 17.2. The summed E-state index contributed by atoms with van der Waals surface area (Å²) in [4.78, 5) is 12.8. The lowest BCUT2D eigenvalue weighted by molar-refractivity contribution is 0.102. The molecule has 0 aliphatic heterocycles. The number of hydrogen-bond donors (Lipinski definition) is 0. The van der Waals surface area contributed by atoms with Crippen molar-refractivity contribution in [2.75, 3.05) is 10.4 Å². The Bertz CT molecular complexity index is 861. The summed E-state index contributed by atoms with van der Waals surface area (Å²) in [5, 5.41) is 0.291. The second-order valence-electron chi connectivity index (χ2n) is 6.13. The quantitative estimate of drug-likeness (QED) is 0.304. The Morgan fingerprint density at radius 2 is 1.32 bits per heavy atom. The van der Waals surface area contributed by atoms with Crippen LogP contribution in [0.25, 0.3) is 11.1 Å². The minimum atomic E-state index is -0.0930. The van der Waals surface area contributed by atoms with E-state index in [9.17, 15) is 4.79 Å². The molecule has 1 atom stereocenters. The third-order valence-corrected chi connectivity index (χ3v) is 8.51. The van der Waals surface area contributed by atoms with Crippen molar-refractivity contribution >= 4 is 32.6 Å². The summed E-state index contributed by atoms with van der Waals surface area (Å²) in [5.74, 6) is 0.799. The molecule has 3 heteroatoms. The monoisotopic (exact) mass is 409 g/mol. The van der Waals surface area contributed by atoms with Crippen molar-refractivity contribution in [1.29, 1.82) is 0 Å². The van der Waals surface area contributed by atoms with Crippen LogP contribution < -0.4 is 0 Å². The van der Waals surface area contributed by atoms with Gasteiger partial charge >= 0.3 is 0 Å². The van der Waals surface area contributed by atoms with E-state index in [0.29, 0.717) is 11.0 Å². The summed E-state index contributed by atoms with van der Waals surface area (Å²) in [7, 11) is -0.0930. The minimum absolute atomic E-state index is 0.0930. The highest BCUT2D eigenvalue weighted by atomic mass is 79.9. The van der Waals surface area contributed by atoms with Crippen molar-refractivity contribution in [3.05, 3.63) is 95.6 Å². The van der Waals surface area contributed by atoms with E-state index in [0.717, 1.165) is 10.2 Å². The first-order chi connectivity index (χ1) is 12.3. The third kappa shape index (κ3) is 3.07. The number of alkyl halides is 1. The van der Waals surface area contributed by atoms with E-state index in [4.69, 9.17) is 0 Å². The molecule has 0 aromatic heterocycles. The molecule has 1 nitrogen and oxygen atoms in total. The molecule has 3 aromatic rings. The molecule has 124 valence electrons. The van der Waals surface area contributed by atoms with Gasteiger partial charge in [0.05, 0.1) is 0 Å². The van der Waals surface area contributed by atoms with E-state index < -0.39 is 0 Å². The largest absolute Gasteiger partial charge is 0.289 e. The van der Waals surface area contributed by atoms with E-state index in [-0.39, 0.29) is 16.7 Å². The first kappa shape index (κ1) is 16.6. The number of rotatable bonds is 5. The van der Waals surface area contributed by atoms with E-state index >= 15 is 0 Å². The highest BCUT2D eigenvalue weighted by Crippen LogP contribution is 2.48. The lowest BCUT2D eigenvalue weighted by Crippen LogP contribution is -2.23. The molecular formula is C22H18BrOS+. The van der Waals surface area contributed by atoms with Gasteiger partial charge in [0.2, 0.25) is 5.78 Å². The fraction of sp³-hybridized carbons (Fsp3) is 0.136. The van der Waals surface area contributed by atoms with Crippen LogP contribution in [0.2, 0.25) is 0 Å². The van der Waals surface area contributed by atoms with E-state index in [1.54, 1.807) is 0 Å². The number of ketones is 1. The van der Waals surface area contributed by atoms with Crippen LogP contribution in [0.1, 0.15) is 26.7 Å². The molecule has 1 aliphatic rings. The van der Waals surface area contributed by atoms with Crippen LogP contribution in [0.15, 0.2) is 78.9 Å². The molecule has 0 bridgehead atoms. The Kier molecular flexibility index (Phi) is 4.78. The molecule has 0 saturated heterocycles. The van der Waals surface area contributed by atoms with Gasteiger partial charge in [-0.1, -0.05) is 78.9 Å². The smallest absolute Gasteiger partial charge is 0.211 e. The lowest BCUT2D eigenvalue weighted by atomic mass is 10.1. The molecular weight excluding hydrogens is 392 g/mol. The van der Waals surface area contributed by atoms with Gasteiger partial charge in [-0.3, -0.25) is 4.79 Å². The number of benzene rings is 3. The number of hydrogen-bond acceptors (Lipinski definition) is 1. The first-order valence-electron chi connectivity index (χ1n) is 8.28. The van der Waals surface area contributed by atoms with Crippen LogP contribution in [0.3, 0.4) is 0 Å². The highest BCUT2D eigenvalue weighted by molar-refractivity contribution is 9.10. The van der Waals surface area contributed by atoms with Gasteiger partial charge in [0.25, 0.3) is 0 Å². The van der Waals surface area contributed by atoms with Gasteiger partial charge in [-0.05, 0) is 27.1 Å². The van der Waals surface area contributed by atoms with Crippen molar-refractivity contribution in [2.24, 2.45) is 0 Å². The Morgan fingerprint density at radius 1 is 0.800 bits per heavy atom. The van der Waals surface area contributed by atoms with Gasteiger partial charge in [0, 0.05) is 27.6 Å². The van der Waals surface area contributed by atoms with Crippen LogP contribution in [-0.4, -0.2) is 16.2 Å². The molecule has 0 radical (unpaired) electrons. The van der Waals surface area contributed by atoms with E-state index in [2.05, 4.69) is 64.5 Å². The van der Waals surface area contributed by atoms with Crippen molar-refractivity contribution in [1.82, 2.24) is 0 Å². The standard InChI is InChI=1S/C22H18BrOS/c23-15-25(14-21(24)16-8-2-1-3-9-16)22-19-12-6-4-10-17(19)18-11-5-7-13-20(18)22/h1-13,22H,14-15H2/q+1. The van der Waals surface area contributed by atoms with Crippen molar-refractivity contribution in [3.63, 3.8) is 0 Å². The van der Waals surface area contributed by atoms with Gasteiger partial charge in [-0.25, -0.2) is 0 Å². The zero-order valence-electron chi connectivity index (χ0n) is 13.7. The summed E-state index contributed by atoms with van der Waals surface area (Å²) < 4.78 is 0.832. The number of halogens is 1. The van der Waals surface area contributed by atoms with Gasteiger partial charge < -0.3 is 0 Å². The fourth-order valence-electron chi connectivity index (χ4n) is 3.53. The number of carbonyl (C=O) groups excluding carboxylic acids is 1. The zero-order valence-corrected chi connectivity index (χ0v) is 16.1. The second-order valence-corrected chi connectivity index (χ2v) is 9.56. The molecule has 0 heterocycles. The van der Waals surface area contributed by atoms with Gasteiger partial charge in [0.1, 0.15) is 0 Å². The Hall–Kier alpha value is -1.84. The SMILES string of the molecule is O=C(C[S+](CBr)C1c2ccccc2-c2ccccc21)c1ccccc1. The number of carbonyl (C=O) groups is 1. The molecule has 25 heavy (non-hydrogen) atoms. The van der Waals surface area contributed by atoms with Crippen molar-refractivity contribution < 1.29 is 4.79 Å². The average Bonchev–Trinajstić information content (AvgIpc) is 3.01. The maximum absolute atomic E-state index is 12.8. The molecule has 1 aliphatic carbocycles. The fourth-order valence-corrected chi connectivity index (χ4v) is 6.81. The molecule has 0 saturated carbocycles. The normalized spacial score (nSPS) is 14.0. The molecule has 0 N–H and O–H groups in total. The minimum Gasteiger partial charge on any atom is -0.289 e. The predicted octanol–water partition coefficient (Wildman–Crippen LogP) is 5.61. The summed E-state index contributed by atoms with van der Waals surface area (Å²) in [6.45, 7) is 0. The molecule has 3 aromatic carbocycles. The summed E-state index contributed by atoms with van der Waals surface area (Å²) in [6.07, 6.45) is 0. The first-order valence-corrected chi connectivity index (χ1v) is 11.0. The summed E-state index contributed by atoms with van der Waals surface area (Å²) >= 11 is 3.69. The maximum Gasteiger partial charge on any atom is 0.211 e. The molecule has 0 amide bonds. The lowest BCUT2D eigenvalue weighted by Gasteiger charge is -2.15. The third-order valence-electron chi connectivity index (χ3n) is 4.66. The predicted molar refractivity (Wildman–Crippen MR) is 111 cm³/mol. The van der Waals surface area contributed by atoms with Gasteiger partial charge in [0.15, 0.2) is 15.7 Å². The van der Waals surface area contributed by atoms with Crippen LogP contribution in [0.5, 0.6) is 0 Å². The number of fused-ring (bicyclic) bond motifs is 3. The summed E-state index contributed by atoms with van der Waals surface area (Å²) in [6, 6.07) is 26.9. The number of Topliss-reactive ketones (excluding diaryl/α,β-unsaturated/α-hetero) is 1. The van der Waals surface area contributed by atoms with Crippen LogP contribution in [0.4, 0.5) is 0 Å². The second kappa shape index (κ2) is 7.19. The highest BCUT2D eigenvalue weighted by Gasteiger charge is 2.41. The van der Waals surface area contributed by atoms with Gasteiger partial charge in [-0.2, -0.15) is 0 Å². The van der Waals surface area contributed by atoms with Crippen molar-refractivity contribution in [2.45, 2.75) is 5.25 Å². The molecule has 0 fully saturated rings. The Morgan fingerprint density at radius 3 is 1.88 bits per heavy atom. The van der Waals surface area contributed by atoms with Crippen LogP contribution >= 0.6 is 15.9 Å². The van der Waals surface area contributed by atoms with Gasteiger partial charge in [-0.15, -0.1) is 0 Å². The van der Waals surface area contributed by atoms with Crippen LogP contribution in [-0.2, 0) is 10.9 Å². The Labute approximate surface area is 159 Å². The molecule has 0 spiro atoms. The topological polar surface area (TPSA) is 17.1 Å².